The van der Waals surface area contributed by atoms with Gasteiger partial charge < -0.3 is 10.1 Å². The Balaban J connectivity index is 1.71. The Morgan fingerprint density at radius 2 is 1.52 bits per heavy atom. The van der Waals surface area contributed by atoms with Crippen LogP contribution >= 0.6 is 0 Å². The van der Waals surface area contributed by atoms with Gasteiger partial charge in [-0.2, -0.15) is 0 Å². The Morgan fingerprint density at radius 1 is 0.871 bits per heavy atom. The van der Waals surface area contributed by atoms with Crippen molar-refractivity contribution in [1.82, 2.24) is 4.98 Å². The van der Waals surface area contributed by atoms with Gasteiger partial charge in [0, 0.05) is 22.2 Å². The molecule has 5 rings (SSSR count). The van der Waals surface area contributed by atoms with Crippen molar-refractivity contribution in [3.8, 4) is 0 Å². The maximum Gasteiger partial charge on any atom is 0.181 e. The number of carbonyl (C=O) groups excluding carboxylic acids is 1. The van der Waals surface area contributed by atoms with Gasteiger partial charge in [0.05, 0.1) is 5.92 Å². The highest BCUT2D eigenvalue weighted by Crippen LogP contribution is 2.51. The Kier molecular flexibility index (Phi) is 4.37. The van der Waals surface area contributed by atoms with Crippen molar-refractivity contribution >= 4 is 16.7 Å². The monoisotopic (exact) mass is 407 g/mol. The average Bonchev–Trinajstić information content (AvgIpc) is 3.13. The number of hydrogen-bond donors (Lipinski definition) is 2. The summed E-state index contributed by atoms with van der Waals surface area (Å²) in [4.78, 5) is 17.2. The second-order valence-electron chi connectivity index (χ2n) is 8.64. The third-order valence-corrected chi connectivity index (χ3v) is 6.77. The summed E-state index contributed by atoms with van der Waals surface area (Å²) in [6.45, 7) is 5.91. The average molecular weight is 408 g/mol. The van der Waals surface area contributed by atoms with Gasteiger partial charge in [0.2, 0.25) is 0 Å². The van der Waals surface area contributed by atoms with Crippen LogP contribution in [0.15, 0.2) is 90.2 Å². The molecule has 1 aromatic heterocycles. The first-order chi connectivity index (χ1) is 14.9. The number of allylic oxidation sites excluding steroid dienone is 2. The predicted molar refractivity (Wildman–Crippen MR) is 125 cm³/mol. The van der Waals surface area contributed by atoms with Gasteiger partial charge in [0.25, 0.3) is 0 Å². The summed E-state index contributed by atoms with van der Waals surface area (Å²) in [7, 11) is 0. The van der Waals surface area contributed by atoms with E-state index >= 15 is 0 Å². The molecule has 1 heterocycles. The van der Waals surface area contributed by atoms with E-state index in [2.05, 4.69) is 18.0 Å². The minimum absolute atomic E-state index is 0.0271. The molecule has 3 heteroatoms. The number of Topliss-reactive ketones (excluding diaryl/α,β-unsaturated/α-hetero) is 1. The Labute approximate surface area is 182 Å². The third kappa shape index (κ3) is 2.77. The summed E-state index contributed by atoms with van der Waals surface area (Å²) in [6.07, 6.45) is 0. The molecule has 3 aromatic carbocycles. The highest BCUT2D eigenvalue weighted by atomic mass is 16.3. The molecular weight excluding hydrogens is 382 g/mol. The SMILES string of the molecule is Cc1ccc(C2(C)C(=O)C(C(c3ccccc3)c3[nH]c4ccccc4c3C)=C2O)cc1. The van der Waals surface area contributed by atoms with Gasteiger partial charge in [0.1, 0.15) is 11.2 Å². The number of ketones is 1. The number of aliphatic hydroxyl groups is 1. The molecule has 1 aliphatic rings. The van der Waals surface area contributed by atoms with Crippen LogP contribution in [-0.2, 0) is 10.2 Å². The number of carbonyl (C=O) groups is 1. The molecular formula is C28H25NO2. The van der Waals surface area contributed by atoms with E-state index in [0.29, 0.717) is 5.57 Å². The minimum Gasteiger partial charge on any atom is -0.510 e. The van der Waals surface area contributed by atoms with Crippen LogP contribution in [-0.4, -0.2) is 15.9 Å². The van der Waals surface area contributed by atoms with Gasteiger partial charge in [-0.15, -0.1) is 0 Å². The van der Waals surface area contributed by atoms with Crippen LogP contribution in [0.5, 0.6) is 0 Å². The first-order valence-electron chi connectivity index (χ1n) is 10.6. The number of aryl methyl sites for hydroxylation is 2. The van der Waals surface area contributed by atoms with Crippen molar-refractivity contribution < 1.29 is 9.90 Å². The fourth-order valence-electron chi connectivity index (χ4n) is 4.83. The molecule has 0 amide bonds. The zero-order chi connectivity index (χ0) is 21.8. The number of fused-ring (bicyclic) bond motifs is 1. The molecule has 2 unspecified atom stereocenters. The molecule has 0 spiro atoms. The Bertz CT molecular complexity index is 1330. The number of H-pyrrole nitrogens is 1. The number of rotatable bonds is 4. The highest BCUT2D eigenvalue weighted by molar-refractivity contribution is 6.14. The molecule has 4 aromatic rings. The largest absolute Gasteiger partial charge is 0.510 e. The van der Waals surface area contributed by atoms with Gasteiger partial charge in [-0.05, 0) is 43.5 Å². The van der Waals surface area contributed by atoms with E-state index in [-0.39, 0.29) is 17.5 Å². The van der Waals surface area contributed by atoms with Crippen LogP contribution in [0.25, 0.3) is 10.9 Å². The van der Waals surface area contributed by atoms with E-state index in [1.807, 2.05) is 86.6 Å². The smallest absolute Gasteiger partial charge is 0.181 e. The van der Waals surface area contributed by atoms with E-state index in [1.54, 1.807) is 0 Å². The number of benzene rings is 3. The Morgan fingerprint density at radius 3 is 2.16 bits per heavy atom. The molecule has 0 fully saturated rings. The summed E-state index contributed by atoms with van der Waals surface area (Å²) in [5.41, 5.74) is 5.49. The first-order valence-corrected chi connectivity index (χ1v) is 10.6. The van der Waals surface area contributed by atoms with Crippen molar-refractivity contribution in [2.45, 2.75) is 32.1 Å². The van der Waals surface area contributed by atoms with Crippen LogP contribution < -0.4 is 0 Å². The van der Waals surface area contributed by atoms with E-state index in [1.165, 1.54) is 0 Å². The quantitative estimate of drug-likeness (QED) is 0.419. The summed E-state index contributed by atoms with van der Waals surface area (Å²) < 4.78 is 0. The van der Waals surface area contributed by atoms with E-state index in [4.69, 9.17) is 0 Å². The molecule has 3 nitrogen and oxygen atoms in total. The molecule has 2 N–H and O–H groups in total. The second kappa shape index (κ2) is 6.98. The van der Waals surface area contributed by atoms with Crippen molar-refractivity contribution in [3.05, 3.63) is 118 Å². The second-order valence-corrected chi connectivity index (χ2v) is 8.64. The zero-order valence-electron chi connectivity index (χ0n) is 17.9. The number of nitrogens with one attached hydrogen (secondary N) is 1. The van der Waals surface area contributed by atoms with Gasteiger partial charge in [-0.3, -0.25) is 4.79 Å². The highest BCUT2D eigenvalue weighted by Gasteiger charge is 2.54. The topological polar surface area (TPSA) is 53.1 Å². The number of aliphatic hydroxyl groups excluding tert-OH is 1. The van der Waals surface area contributed by atoms with Crippen molar-refractivity contribution in [1.29, 1.82) is 0 Å². The molecule has 0 bridgehead atoms. The molecule has 1 aliphatic carbocycles. The van der Waals surface area contributed by atoms with Crippen LogP contribution in [0, 0.1) is 13.8 Å². The van der Waals surface area contributed by atoms with E-state index in [0.717, 1.165) is 38.9 Å². The first kappa shape index (κ1) is 19.4. The number of aromatic amines is 1. The third-order valence-electron chi connectivity index (χ3n) is 6.77. The lowest BCUT2D eigenvalue weighted by Gasteiger charge is -2.41. The Hall–Kier alpha value is -3.59. The van der Waals surface area contributed by atoms with Gasteiger partial charge in [0.15, 0.2) is 5.78 Å². The lowest BCUT2D eigenvalue weighted by molar-refractivity contribution is -0.123. The molecule has 0 saturated carbocycles. The molecule has 2 atom stereocenters. The molecule has 0 radical (unpaired) electrons. The van der Waals surface area contributed by atoms with Crippen LogP contribution in [0.4, 0.5) is 0 Å². The van der Waals surface area contributed by atoms with Gasteiger partial charge in [-0.1, -0.05) is 78.4 Å². The molecule has 0 saturated heterocycles. The van der Waals surface area contributed by atoms with E-state index < -0.39 is 5.41 Å². The zero-order valence-corrected chi connectivity index (χ0v) is 17.9. The lowest BCUT2D eigenvalue weighted by atomic mass is 9.60. The van der Waals surface area contributed by atoms with Crippen LogP contribution in [0.1, 0.15) is 40.8 Å². The lowest BCUT2D eigenvalue weighted by Crippen LogP contribution is -2.47. The number of para-hydroxylation sites is 1. The fraction of sp³-hybridized carbons (Fsp3) is 0.179. The molecule has 31 heavy (non-hydrogen) atoms. The van der Waals surface area contributed by atoms with Gasteiger partial charge in [-0.25, -0.2) is 0 Å². The number of aromatic nitrogens is 1. The van der Waals surface area contributed by atoms with Crippen LogP contribution in [0.2, 0.25) is 0 Å². The normalized spacial score (nSPS) is 19.5. The maximum absolute atomic E-state index is 13.7. The summed E-state index contributed by atoms with van der Waals surface area (Å²) >= 11 is 0. The van der Waals surface area contributed by atoms with Crippen molar-refractivity contribution in [2.24, 2.45) is 0 Å². The van der Waals surface area contributed by atoms with Gasteiger partial charge >= 0.3 is 0 Å². The molecule has 0 aliphatic heterocycles. The standard InChI is InChI=1S/C28H25NO2/c1-17-13-15-20(16-14-17)28(3)26(30)24(27(28)31)23(19-9-5-4-6-10-19)25-18(2)21-11-7-8-12-22(21)29-25/h4-16,23,29-30H,1-3H3. The van der Waals surface area contributed by atoms with Crippen LogP contribution in [0.3, 0.4) is 0 Å². The summed E-state index contributed by atoms with van der Waals surface area (Å²) in [6, 6.07) is 25.9. The fourth-order valence-corrected chi connectivity index (χ4v) is 4.83. The number of hydrogen-bond acceptors (Lipinski definition) is 2. The maximum atomic E-state index is 13.7. The van der Waals surface area contributed by atoms with Crippen molar-refractivity contribution in [3.63, 3.8) is 0 Å². The summed E-state index contributed by atoms with van der Waals surface area (Å²) in [5, 5.41) is 12.5. The molecule has 154 valence electrons. The minimum atomic E-state index is -1.00. The van der Waals surface area contributed by atoms with Crippen molar-refractivity contribution in [2.75, 3.05) is 0 Å². The summed E-state index contributed by atoms with van der Waals surface area (Å²) in [5.74, 6) is -0.214. The van der Waals surface area contributed by atoms with E-state index in [9.17, 15) is 9.90 Å². The predicted octanol–water partition coefficient (Wildman–Crippen LogP) is 6.27.